The van der Waals surface area contributed by atoms with Gasteiger partial charge in [0.05, 0.1) is 5.75 Å². The molecule has 0 atom stereocenters. The SMILES string of the molecule is C#CCCCCNS(=O)(=O)CC(C)C. The Morgan fingerprint density at radius 1 is 1.36 bits per heavy atom. The van der Waals surface area contributed by atoms with Crippen molar-refractivity contribution in [1.29, 1.82) is 0 Å². The molecule has 3 nitrogen and oxygen atoms in total. The average molecular weight is 217 g/mol. The third kappa shape index (κ3) is 8.09. The minimum Gasteiger partial charge on any atom is -0.215 e. The van der Waals surface area contributed by atoms with Crippen LogP contribution in [0.2, 0.25) is 0 Å². The van der Waals surface area contributed by atoms with E-state index >= 15 is 0 Å². The Morgan fingerprint density at radius 3 is 2.50 bits per heavy atom. The standard InChI is InChI=1S/C10H19NO2S/c1-4-5-6-7-8-11-14(12,13)9-10(2)3/h1,10-11H,5-9H2,2-3H3. The molecule has 0 aliphatic rings. The topological polar surface area (TPSA) is 46.2 Å². The quantitative estimate of drug-likeness (QED) is 0.517. The molecular formula is C10H19NO2S. The summed E-state index contributed by atoms with van der Waals surface area (Å²) in [5, 5.41) is 0. The second kappa shape index (κ2) is 6.86. The predicted octanol–water partition coefficient (Wildman–Crippen LogP) is 1.37. The highest BCUT2D eigenvalue weighted by Gasteiger charge is 2.10. The number of unbranched alkanes of at least 4 members (excludes halogenated alkanes) is 2. The number of rotatable bonds is 7. The van der Waals surface area contributed by atoms with Gasteiger partial charge in [-0.3, -0.25) is 0 Å². The molecule has 0 spiro atoms. The van der Waals surface area contributed by atoms with E-state index < -0.39 is 10.0 Å². The average Bonchev–Trinajstić information content (AvgIpc) is 2.01. The molecule has 0 saturated heterocycles. The summed E-state index contributed by atoms with van der Waals surface area (Å²) in [6, 6.07) is 0. The summed E-state index contributed by atoms with van der Waals surface area (Å²) >= 11 is 0. The van der Waals surface area contributed by atoms with Crippen molar-refractivity contribution in [1.82, 2.24) is 4.72 Å². The van der Waals surface area contributed by atoms with E-state index in [1.165, 1.54) is 0 Å². The van der Waals surface area contributed by atoms with Gasteiger partial charge in [-0.15, -0.1) is 12.3 Å². The van der Waals surface area contributed by atoms with Crippen molar-refractivity contribution in [3.05, 3.63) is 0 Å². The van der Waals surface area contributed by atoms with Gasteiger partial charge in [0.2, 0.25) is 10.0 Å². The molecule has 0 bridgehead atoms. The van der Waals surface area contributed by atoms with Crippen LogP contribution in [0.15, 0.2) is 0 Å². The largest absolute Gasteiger partial charge is 0.215 e. The van der Waals surface area contributed by atoms with Crippen molar-refractivity contribution in [2.24, 2.45) is 5.92 Å². The van der Waals surface area contributed by atoms with Crippen molar-refractivity contribution in [2.75, 3.05) is 12.3 Å². The van der Waals surface area contributed by atoms with E-state index in [2.05, 4.69) is 10.6 Å². The lowest BCUT2D eigenvalue weighted by atomic mass is 10.2. The first kappa shape index (κ1) is 13.5. The Labute approximate surface area is 87.3 Å². The van der Waals surface area contributed by atoms with Crippen molar-refractivity contribution in [2.45, 2.75) is 33.1 Å². The number of hydrogen-bond donors (Lipinski definition) is 1. The van der Waals surface area contributed by atoms with E-state index in [1.807, 2.05) is 13.8 Å². The minimum absolute atomic E-state index is 0.165. The van der Waals surface area contributed by atoms with Crippen LogP contribution >= 0.6 is 0 Å². The molecule has 0 radical (unpaired) electrons. The van der Waals surface area contributed by atoms with Crippen LogP contribution in [0.25, 0.3) is 0 Å². The fraction of sp³-hybridized carbons (Fsp3) is 0.800. The van der Waals surface area contributed by atoms with Crippen molar-refractivity contribution < 1.29 is 8.42 Å². The van der Waals surface area contributed by atoms with Gasteiger partial charge in [0.25, 0.3) is 0 Å². The lowest BCUT2D eigenvalue weighted by Gasteiger charge is -2.07. The zero-order valence-electron chi connectivity index (χ0n) is 8.91. The molecular weight excluding hydrogens is 198 g/mol. The maximum atomic E-state index is 11.3. The van der Waals surface area contributed by atoms with E-state index in [-0.39, 0.29) is 11.7 Å². The molecule has 4 heteroatoms. The first-order valence-electron chi connectivity index (χ1n) is 4.88. The maximum absolute atomic E-state index is 11.3. The Hall–Kier alpha value is -0.530. The highest BCUT2D eigenvalue weighted by molar-refractivity contribution is 7.89. The van der Waals surface area contributed by atoms with E-state index in [0.717, 1.165) is 12.8 Å². The van der Waals surface area contributed by atoms with Crippen LogP contribution in [0.3, 0.4) is 0 Å². The van der Waals surface area contributed by atoms with Gasteiger partial charge >= 0.3 is 0 Å². The number of terminal acetylenes is 1. The third-order valence-corrected chi connectivity index (χ3v) is 3.37. The minimum atomic E-state index is -3.07. The lowest BCUT2D eigenvalue weighted by molar-refractivity contribution is 0.564. The van der Waals surface area contributed by atoms with Gasteiger partial charge in [0.1, 0.15) is 0 Å². The first-order chi connectivity index (χ1) is 6.48. The molecule has 82 valence electrons. The van der Waals surface area contributed by atoms with Gasteiger partial charge in [-0.25, -0.2) is 13.1 Å². The van der Waals surface area contributed by atoms with Gasteiger partial charge in [-0.1, -0.05) is 13.8 Å². The molecule has 0 fully saturated rings. The van der Waals surface area contributed by atoms with Crippen LogP contribution < -0.4 is 4.72 Å². The highest BCUT2D eigenvalue weighted by Crippen LogP contribution is 1.98. The van der Waals surface area contributed by atoms with Crippen LogP contribution in [0.1, 0.15) is 33.1 Å². The van der Waals surface area contributed by atoms with Crippen LogP contribution in [0.4, 0.5) is 0 Å². The predicted molar refractivity (Wildman–Crippen MR) is 59.3 cm³/mol. The summed E-state index contributed by atoms with van der Waals surface area (Å²) in [4.78, 5) is 0. The molecule has 0 aliphatic carbocycles. The molecule has 0 saturated carbocycles. The fourth-order valence-corrected chi connectivity index (χ4v) is 2.53. The summed E-state index contributed by atoms with van der Waals surface area (Å²) in [6.45, 7) is 4.27. The van der Waals surface area contributed by atoms with Crippen molar-refractivity contribution in [3.8, 4) is 12.3 Å². The molecule has 0 aromatic rings. The first-order valence-corrected chi connectivity index (χ1v) is 6.54. The highest BCUT2D eigenvalue weighted by atomic mass is 32.2. The van der Waals surface area contributed by atoms with Gasteiger partial charge < -0.3 is 0 Å². The Bertz CT molecular complexity index is 275. The molecule has 0 heterocycles. The molecule has 0 amide bonds. The lowest BCUT2D eigenvalue weighted by Crippen LogP contribution is -2.29. The van der Waals surface area contributed by atoms with Crippen molar-refractivity contribution >= 4 is 10.0 Å². The molecule has 0 unspecified atom stereocenters. The smallest absolute Gasteiger partial charge is 0.211 e. The van der Waals surface area contributed by atoms with E-state index in [0.29, 0.717) is 13.0 Å². The molecule has 14 heavy (non-hydrogen) atoms. The maximum Gasteiger partial charge on any atom is 0.211 e. The third-order valence-electron chi connectivity index (χ3n) is 1.62. The molecule has 0 rings (SSSR count). The number of hydrogen-bond acceptors (Lipinski definition) is 2. The number of sulfonamides is 1. The van der Waals surface area contributed by atoms with Gasteiger partial charge in [-0.05, 0) is 18.8 Å². The summed E-state index contributed by atoms with van der Waals surface area (Å²) in [7, 11) is -3.07. The zero-order valence-corrected chi connectivity index (χ0v) is 9.73. The summed E-state index contributed by atoms with van der Waals surface area (Å²) in [5.74, 6) is 2.88. The normalized spacial score (nSPS) is 11.6. The molecule has 0 aromatic heterocycles. The van der Waals surface area contributed by atoms with Crippen LogP contribution in [-0.2, 0) is 10.0 Å². The Morgan fingerprint density at radius 2 is 2.00 bits per heavy atom. The van der Waals surface area contributed by atoms with Gasteiger partial charge in [0.15, 0.2) is 0 Å². The molecule has 0 aliphatic heterocycles. The van der Waals surface area contributed by atoms with Gasteiger partial charge in [-0.2, -0.15) is 0 Å². The van der Waals surface area contributed by atoms with E-state index in [9.17, 15) is 8.42 Å². The second-order valence-electron chi connectivity index (χ2n) is 3.73. The Balaban J connectivity index is 3.63. The Kier molecular flexibility index (Phi) is 6.60. The summed E-state index contributed by atoms with van der Waals surface area (Å²) in [6.07, 6.45) is 7.47. The fourth-order valence-electron chi connectivity index (χ4n) is 1.08. The monoisotopic (exact) mass is 217 g/mol. The molecule has 1 N–H and O–H groups in total. The van der Waals surface area contributed by atoms with E-state index in [4.69, 9.17) is 6.42 Å². The second-order valence-corrected chi connectivity index (χ2v) is 5.58. The van der Waals surface area contributed by atoms with Crippen LogP contribution in [0, 0.1) is 18.3 Å². The van der Waals surface area contributed by atoms with Crippen molar-refractivity contribution in [3.63, 3.8) is 0 Å². The van der Waals surface area contributed by atoms with Gasteiger partial charge in [0, 0.05) is 13.0 Å². The van der Waals surface area contributed by atoms with Crippen LogP contribution in [-0.4, -0.2) is 20.7 Å². The summed E-state index contributed by atoms with van der Waals surface area (Å²) < 4.78 is 25.2. The van der Waals surface area contributed by atoms with E-state index in [1.54, 1.807) is 0 Å². The summed E-state index contributed by atoms with van der Waals surface area (Å²) in [5.41, 5.74) is 0. The zero-order chi connectivity index (χ0) is 11.0. The van der Waals surface area contributed by atoms with Crippen LogP contribution in [0.5, 0.6) is 0 Å². The molecule has 0 aromatic carbocycles. The number of nitrogens with one attached hydrogen (secondary N) is 1.